The van der Waals surface area contributed by atoms with Gasteiger partial charge >= 0.3 is 0 Å². The second-order valence-corrected chi connectivity index (χ2v) is 5.32. The average Bonchev–Trinajstić information content (AvgIpc) is 2.33. The molecule has 0 saturated carbocycles. The van der Waals surface area contributed by atoms with Crippen LogP contribution in [0.1, 0.15) is 33.3 Å². The van der Waals surface area contributed by atoms with Crippen molar-refractivity contribution < 1.29 is 4.74 Å². The maximum Gasteiger partial charge on any atom is 0.222 e. The van der Waals surface area contributed by atoms with Crippen LogP contribution >= 0.6 is 0 Å². The van der Waals surface area contributed by atoms with Crippen molar-refractivity contribution in [3.8, 4) is 0 Å². The molecule has 1 aromatic rings. The summed E-state index contributed by atoms with van der Waals surface area (Å²) in [6.45, 7) is 7.87. The number of hydrogen-bond acceptors (Lipinski definition) is 2. The average molecular weight is 218 g/mol. The summed E-state index contributed by atoms with van der Waals surface area (Å²) >= 11 is 0. The first kappa shape index (κ1) is 11.1. The highest BCUT2D eigenvalue weighted by Gasteiger charge is 2.49. The van der Waals surface area contributed by atoms with Gasteiger partial charge in [-0.3, -0.25) is 0 Å². The van der Waals surface area contributed by atoms with Gasteiger partial charge in [0.2, 0.25) is 11.4 Å². The minimum absolute atomic E-state index is 0.299. The van der Waals surface area contributed by atoms with Crippen molar-refractivity contribution >= 4 is 5.71 Å². The van der Waals surface area contributed by atoms with Gasteiger partial charge in [-0.1, -0.05) is 18.2 Å². The fraction of sp³-hybridized carbons (Fsp3) is 0.462. The van der Waals surface area contributed by atoms with Gasteiger partial charge in [-0.05, 0) is 26.0 Å². The van der Waals surface area contributed by atoms with Crippen LogP contribution in [0.2, 0.25) is 0 Å². The van der Waals surface area contributed by atoms with Crippen LogP contribution in [-0.2, 0) is 0 Å². The van der Waals surface area contributed by atoms with Crippen LogP contribution in [-0.4, -0.2) is 21.7 Å². The zero-order valence-corrected chi connectivity index (χ0v) is 10.2. The van der Waals surface area contributed by atoms with Gasteiger partial charge in [-0.15, -0.1) is 0 Å². The van der Waals surface area contributed by atoms with Gasteiger partial charge < -0.3 is 5.21 Å². The van der Waals surface area contributed by atoms with Gasteiger partial charge in [0.15, 0.2) is 0 Å². The SMILES string of the molecule is CC1(C)NC(C)(C)[N+]([O-])=C1c1ccccc1. The minimum Gasteiger partial charge on any atom is -0.622 e. The lowest BCUT2D eigenvalue weighted by molar-refractivity contribution is -0.536. The third-order valence-corrected chi connectivity index (χ3v) is 2.97. The molecule has 1 heterocycles. The van der Waals surface area contributed by atoms with E-state index in [1.54, 1.807) is 0 Å². The molecule has 0 radical (unpaired) electrons. The largest absolute Gasteiger partial charge is 0.622 e. The summed E-state index contributed by atoms with van der Waals surface area (Å²) in [5.41, 5.74) is 0.944. The number of hydroxylamine groups is 1. The van der Waals surface area contributed by atoms with Crippen molar-refractivity contribution in [2.75, 3.05) is 0 Å². The quantitative estimate of drug-likeness (QED) is 0.579. The number of hydrogen-bond donors (Lipinski definition) is 1. The maximum absolute atomic E-state index is 12.3. The molecule has 2 rings (SSSR count). The molecule has 3 nitrogen and oxygen atoms in total. The molecule has 0 fully saturated rings. The summed E-state index contributed by atoms with van der Waals surface area (Å²) in [6, 6.07) is 9.82. The Balaban J connectivity index is 2.58. The standard InChI is InChI=1S/C13H18N2O/c1-12(2)11(10-8-6-5-7-9-10)15(16)13(3,4)14-12/h5-9,14H,1-4H3. The van der Waals surface area contributed by atoms with E-state index < -0.39 is 5.66 Å². The maximum atomic E-state index is 12.3. The van der Waals surface area contributed by atoms with Gasteiger partial charge in [-0.2, -0.15) is 4.74 Å². The van der Waals surface area contributed by atoms with E-state index in [1.165, 1.54) is 0 Å². The summed E-state index contributed by atoms with van der Waals surface area (Å²) in [4.78, 5) is 0. The molecule has 1 aliphatic rings. The fourth-order valence-electron chi connectivity index (χ4n) is 2.48. The van der Waals surface area contributed by atoms with Crippen LogP contribution in [0.3, 0.4) is 0 Å². The third-order valence-electron chi connectivity index (χ3n) is 2.97. The van der Waals surface area contributed by atoms with Crippen LogP contribution in [0.15, 0.2) is 30.3 Å². The molecule has 0 saturated heterocycles. The zero-order valence-electron chi connectivity index (χ0n) is 10.2. The normalized spacial score (nSPS) is 22.5. The molecule has 1 N–H and O–H groups in total. The van der Waals surface area contributed by atoms with E-state index in [-0.39, 0.29) is 5.54 Å². The first-order valence-electron chi connectivity index (χ1n) is 5.54. The fourth-order valence-corrected chi connectivity index (χ4v) is 2.48. The molecule has 0 aromatic heterocycles. The summed E-state index contributed by atoms with van der Waals surface area (Å²) < 4.78 is 1.09. The Morgan fingerprint density at radius 1 is 1.06 bits per heavy atom. The molecule has 0 spiro atoms. The Morgan fingerprint density at radius 3 is 2.06 bits per heavy atom. The van der Waals surface area contributed by atoms with Crippen molar-refractivity contribution in [2.24, 2.45) is 0 Å². The van der Waals surface area contributed by atoms with Gasteiger partial charge in [-0.25, -0.2) is 5.32 Å². The predicted molar refractivity (Wildman–Crippen MR) is 65.5 cm³/mol. The second-order valence-electron chi connectivity index (χ2n) is 5.32. The van der Waals surface area contributed by atoms with Gasteiger partial charge in [0, 0.05) is 19.4 Å². The minimum atomic E-state index is -0.547. The predicted octanol–water partition coefficient (Wildman–Crippen LogP) is 2.10. The van der Waals surface area contributed by atoms with Crippen LogP contribution in [0.4, 0.5) is 0 Å². The van der Waals surface area contributed by atoms with Crippen LogP contribution < -0.4 is 5.32 Å². The lowest BCUT2D eigenvalue weighted by Crippen LogP contribution is -2.49. The molecule has 1 aliphatic heterocycles. The molecule has 0 aliphatic carbocycles. The molecular weight excluding hydrogens is 200 g/mol. The molecule has 0 unspecified atom stereocenters. The van der Waals surface area contributed by atoms with E-state index in [0.29, 0.717) is 0 Å². The zero-order chi connectivity index (χ0) is 12.0. The van der Waals surface area contributed by atoms with Gasteiger partial charge in [0.1, 0.15) is 5.54 Å². The number of nitrogens with one attached hydrogen (secondary N) is 1. The molecular formula is C13H18N2O. The first-order chi connectivity index (χ1) is 7.34. The monoisotopic (exact) mass is 218 g/mol. The van der Waals surface area contributed by atoms with Crippen molar-refractivity contribution in [1.82, 2.24) is 5.32 Å². The lowest BCUT2D eigenvalue weighted by Gasteiger charge is -2.21. The second kappa shape index (κ2) is 3.32. The van der Waals surface area contributed by atoms with E-state index in [9.17, 15) is 5.21 Å². The van der Waals surface area contributed by atoms with E-state index in [0.717, 1.165) is 16.0 Å². The Hall–Kier alpha value is -1.35. The van der Waals surface area contributed by atoms with E-state index in [1.807, 2.05) is 58.0 Å². The van der Waals surface area contributed by atoms with Crippen molar-refractivity contribution in [3.05, 3.63) is 41.1 Å². The number of benzene rings is 1. The van der Waals surface area contributed by atoms with E-state index in [2.05, 4.69) is 5.32 Å². The highest BCUT2D eigenvalue weighted by Crippen LogP contribution is 2.26. The van der Waals surface area contributed by atoms with Crippen molar-refractivity contribution in [1.29, 1.82) is 0 Å². The summed E-state index contributed by atoms with van der Waals surface area (Å²) in [5, 5.41) is 15.6. The van der Waals surface area contributed by atoms with Crippen molar-refractivity contribution in [3.63, 3.8) is 0 Å². The Bertz CT molecular complexity index is 433. The van der Waals surface area contributed by atoms with Gasteiger partial charge in [0.25, 0.3) is 0 Å². The highest BCUT2D eigenvalue weighted by molar-refractivity contribution is 6.04. The van der Waals surface area contributed by atoms with E-state index >= 15 is 0 Å². The van der Waals surface area contributed by atoms with E-state index in [4.69, 9.17) is 0 Å². The first-order valence-corrected chi connectivity index (χ1v) is 5.54. The summed E-state index contributed by atoms with van der Waals surface area (Å²) in [5.74, 6) is 0. The topological polar surface area (TPSA) is 38.1 Å². The molecule has 86 valence electrons. The molecule has 0 amide bonds. The van der Waals surface area contributed by atoms with Crippen LogP contribution in [0.5, 0.6) is 0 Å². The highest BCUT2D eigenvalue weighted by atomic mass is 16.5. The number of nitrogens with zero attached hydrogens (tertiary/aromatic N) is 1. The summed E-state index contributed by atoms with van der Waals surface area (Å²) in [7, 11) is 0. The molecule has 3 heteroatoms. The Kier molecular flexibility index (Phi) is 2.31. The third kappa shape index (κ3) is 1.61. The number of rotatable bonds is 1. The molecule has 16 heavy (non-hydrogen) atoms. The van der Waals surface area contributed by atoms with Gasteiger partial charge in [0.05, 0.1) is 0 Å². The van der Waals surface area contributed by atoms with Crippen LogP contribution in [0, 0.1) is 5.21 Å². The molecule has 1 aromatic carbocycles. The van der Waals surface area contributed by atoms with Crippen molar-refractivity contribution in [2.45, 2.75) is 38.9 Å². The molecule has 0 atom stereocenters. The molecule has 0 bridgehead atoms. The Morgan fingerprint density at radius 2 is 1.62 bits per heavy atom. The summed E-state index contributed by atoms with van der Waals surface area (Å²) in [6.07, 6.45) is 0. The van der Waals surface area contributed by atoms with Crippen LogP contribution in [0.25, 0.3) is 0 Å². The smallest absolute Gasteiger partial charge is 0.222 e. The lowest BCUT2D eigenvalue weighted by atomic mass is 9.93. The Labute approximate surface area is 96.4 Å².